The molecule has 4 aromatic rings. The molecule has 5 aliphatic rings. The van der Waals surface area contributed by atoms with Gasteiger partial charge in [0.1, 0.15) is 5.75 Å². The van der Waals surface area contributed by atoms with Crippen LogP contribution in [0.5, 0.6) is 5.75 Å². The molecule has 218 valence electrons. The minimum Gasteiger partial charge on any atom is -0.426 e. The molecule has 3 amide bonds. The van der Waals surface area contributed by atoms with Gasteiger partial charge >= 0.3 is 5.97 Å². The summed E-state index contributed by atoms with van der Waals surface area (Å²) in [5.74, 6) is -2.54. The van der Waals surface area contributed by atoms with Crippen molar-refractivity contribution in [2.24, 2.45) is 17.8 Å². The van der Waals surface area contributed by atoms with Gasteiger partial charge in [-0.2, -0.15) is 0 Å². The van der Waals surface area contributed by atoms with Gasteiger partial charge in [0.25, 0.3) is 0 Å². The van der Waals surface area contributed by atoms with Crippen LogP contribution in [0, 0.1) is 31.6 Å². The Kier molecular flexibility index (Phi) is 5.88. The minimum atomic E-state index is -0.591. The van der Waals surface area contributed by atoms with Gasteiger partial charge in [0.15, 0.2) is 0 Å². The van der Waals surface area contributed by atoms with Crippen molar-refractivity contribution < 1.29 is 23.9 Å². The van der Waals surface area contributed by atoms with Crippen LogP contribution in [0.4, 0.5) is 11.4 Å². The lowest BCUT2D eigenvalue weighted by Gasteiger charge is -2.45. The Morgan fingerprint density at radius 1 is 0.727 bits per heavy atom. The summed E-state index contributed by atoms with van der Waals surface area (Å²) in [6.45, 7) is 4.21. The smallest absolute Gasteiger partial charge is 0.316 e. The second-order valence-electron chi connectivity index (χ2n) is 12.4. The second kappa shape index (κ2) is 9.74. The van der Waals surface area contributed by atoms with Crippen LogP contribution in [-0.2, 0) is 19.2 Å². The quantitative estimate of drug-likeness (QED) is 0.176. The molecule has 3 aliphatic carbocycles. The second-order valence-corrected chi connectivity index (χ2v) is 12.4. The predicted molar refractivity (Wildman–Crippen MR) is 164 cm³/mol. The average molecular weight is 583 g/mol. The number of aryl methyl sites for hydroxylation is 2. The lowest BCUT2D eigenvalue weighted by Crippen LogP contribution is -2.41. The Bertz CT molecular complexity index is 1780. The first kappa shape index (κ1) is 26.6. The van der Waals surface area contributed by atoms with Gasteiger partial charge < -0.3 is 9.64 Å². The van der Waals surface area contributed by atoms with Crippen LogP contribution in [0.25, 0.3) is 0 Å². The summed E-state index contributed by atoms with van der Waals surface area (Å²) < 4.78 is 5.67. The van der Waals surface area contributed by atoms with Gasteiger partial charge in [-0.25, -0.2) is 4.90 Å². The van der Waals surface area contributed by atoms with E-state index >= 15 is 0 Å². The number of carbonyl (C=O) groups is 4. The van der Waals surface area contributed by atoms with Gasteiger partial charge in [0.2, 0.25) is 17.7 Å². The van der Waals surface area contributed by atoms with Crippen molar-refractivity contribution in [2.75, 3.05) is 16.3 Å². The number of benzene rings is 4. The van der Waals surface area contributed by atoms with Gasteiger partial charge in [-0.1, -0.05) is 66.2 Å². The molecule has 9 rings (SSSR count). The van der Waals surface area contributed by atoms with Crippen LogP contribution in [0.2, 0.25) is 0 Å². The van der Waals surface area contributed by atoms with E-state index in [1.54, 1.807) is 29.2 Å². The number of hydrogen-bond acceptors (Lipinski definition) is 5. The summed E-state index contributed by atoms with van der Waals surface area (Å²) >= 11 is 0. The van der Waals surface area contributed by atoms with Crippen molar-refractivity contribution in [1.29, 1.82) is 0 Å². The van der Waals surface area contributed by atoms with Gasteiger partial charge in [-0.3, -0.25) is 19.2 Å². The maximum absolute atomic E-state index is 14.0. The van der Waals surface area contributed by atoms with E-state index < -0.39 is 23.7 Å². The molecule has 7 nitrogen and oxygen atoms in total. The molecule has 0 saturated carbocycles. The zero-order valence-corrected chi connectivity index (χ0v) is 24.4. The maximum Gasteiger partial charge on any atom is 0.316 e. The highest BCUT2D eigenvalue weighted by molar-refractivity contribution is 6.23. The highest BCUT2D eigenvalue weighted by Gasteiger charge is 2.61. The van der Waals surface area contributed by atoms with Crippen molar-refractivity contribution in [3.8, 4) is 5.75 Å². The van der Waals surface area contributed by atoms with E-state index in [1.165, 1.54) is 4.90 Å². The lowest BCUT2D eigenvalue weighted by molar-refractivity contribution is -0.139. The number of hydrogen-bond donors (Lipinski definition) is 0. The van der Waals surface area contributed by atoms with Crippen LogP contribution in [-0.4, -0.2) is 30.2 Å². The standard InChI is InChI=1S/C37H30N2O5/c1-20-11-16-29(21(2)17-20)38-19-22(18-30(38)40)37(43)44-24-14-12-23(13-15-24)39-35(41)33-31-25-7-3-4-8-26(25)32(34(33)36(39)42)28-10-6-5-9-27(28)31/h3-17,22,31-34H,18-19H2,1-2H3/t22-,31?,32?,33-,34-/m1/s1. The number of esters is 1. The Morgan fingerprint density at radius 3 is 1.80 bits per heavy atom. The Morgan fingerprint density at radius 2 is 1.27 bits per heavy atom. The Labute approximate surface area is 255 Å². The van der Waals surface area contributed by atoms with Crippen molar-refractivity contribution in [2.45, 2.75) is 32.1 Å². The number of rotatable bonds is 4. The summed E-state index contributed by atoms with van der Waals surface area (Å²) in [6, 6.07) is 28.7. The molecule has 2 bridgehead atoms. The van der Waals surface area contributed by atoms with Crippen LogP contribution < -0.4 is 14.5 Å². The van der Waals surface area contributed by atoms with Gasteiger partial charge in [0.05, 0.1) is 23.4 Å². The zero-order valence-electron chi connectivity index (χ0n) is 24.4. The largest absolute Gasteiger partial charge is 0.426 e. The molecular weight excluding hydrogens is 552 g/mol. The molecule has 7 heteroatoms. The SMILES string of the molecule is Cc1ccc(N2C[C@H](C(=O)Oc3ccc(N4C(=O)[C@@H]5C6c7ccccc7C(c7ccccc76)[C@H]5C4=O)cc3)CC2=O)c(C)c1. The summed E-state index contributed by atoms with van der Waals surface area (Å²) in [5, 5.41) is 0. The Hall–Kier alpha value is -5.04. The number of nitrogens with zero attached hydrogens (tertiary/aromatic N) is 2. The first-order valence-corrected chi connectivity index (χ1v) is 15.1. The third-order valence-corrected chi connectivity index (χ3v) is 9.86. The van der Waals surface area contributed by atoms with Crippen LogP contribution in [0.1, 0.15) is 51.6 Å². The molecule has 0 radical (unpaired) electrons. The van der Waals surface area contributed by atoms with Crippen molar-refractivity contribution >= 4 is 35.1 Å². The molecule has 3 atom stereocenters. The number of imide groups is 1. The average Bonchev–Trinajstić information content (AvgIpc) is 3.54. The minimum absolute atomic E-state index is 0.0803. The van der Waals surface area contributed by atoms with Gasteiger partial charge in [-0.05, 0) is 72.0 Å². The van der Waals surface area contributed by atoms with E-state index in [2.05, 4.69) is 24.3 Å². The summed E-state index contributed by atoms with van der Waals surface area (Å²) in [6.07, 6.45) is 0.0803. The van der Waals surface area contributed by atoms with E-state index in [0.717, 1.165) is 39.1 Å². The number of ether oxygens (including phenoxy) is 1. The molecule has 2 fully saturated rings. The highest BCUT2D eigenvalue weighted by atomic mass is 16.5. The van der Waals surface area contributed by atoms with E-state index in [9.17, 15) is 19.2 Å². The fourth-order valence-corrected chi connectivity index (χ4v) is 8.00. The van der Waals surface area contributed by atoms with E-state index in [-0.39, 0.29) is 42.5 Å². The third kappa shape index (κ3) is 3.81. The summed E-state index contributed by atoms with van der Waals surface area (Å²) in [4.78, 5) is 56.8. The molecule has 0 aromatic heterocycles. The maximum atomic E-state index is 14.0. The topological polar surface area (TPSA) is 84.0 Å². The van der Waals surface area contributed by atoms with Crippen molar-refractivity contribution in [3.63, 3.8) is 0 Å². The molecular formula is C37H30N2O5. The molecule has 0 unspecified atom stereocenters. The summed E-state index contributed by atoms with van der Waals surface area (Å²) in [7, 11) is 0. The van der Waals surface area contributed by atoms with Gasteiger partial charge in [-0.15, -0.1) is 0 Å². The highest BCUT2D eigenvalue weighted by Crippen LogP contribution is 2.61. The first-order chi connectivity index (χ1) is 21.3. The normalized spacial score (nSPS) is 24.8. The lowest BCUT2D eigenvalue weighted by atomic mass is 9.55. The molecule has 0 N–H and O–H groups in total. The van der Waals surface area contributed by atoms with Crippen LogP contribution in [0.15, 0.2) is 91.0 Å². The van der Waals surface area contributed by atoms with E-state index in [1.807, 2.05) is 56.3 Å². The zero-order chi connectivity index (χ0) is 30.3. The molecule has 0 spiro atoms. The fraction of sp³-hybridized carbons (Fsp3) is 0.243. The molecule has 44 heavy (non-hydrogen) atoms. The number of amides is 3. The Balaban J connectivity index is 1.02. The van der Waals surface area contributed by atoms with E-state index in [4.69, 9.17) is 4.74 Å². The fourth-order valence-electron chi connectivity index (χ4n) is 8.00. The molecule has 2 aliphatic heterocycles. The first-order valence-electron chi connectivity index (χ1n) is 15.1. The monoisotopic (exact) mass is 582 g/mol. The van der Waals surface area contributed by atoms with Crippen LogP contribution >= 0.6 is 0 Å². The molecule has 2 heterocycles. The number of anilines is 2. The van der Waals surface area contributed by atoms with Crippen LogP contribution in [0.3, 0.4) is 0 Å². The molecule has 4 aromatic carbocycles. The third-order valence-electron chi connectivity index (χ3n) is 9.86. The predicted octanol–water partition coefficient (Wildman–Crippen LogP) is 5.66. The van der Waals surface area contributed by atoms with Crippen molar-refractivity contribution in [3.05, 3.63) is 124 Å². The van der Waals surface area contributed by atoms with Crippen molar-refractivity contribution in [1.82, 2.24) is 0 Å². The number of carbonyl (C=O) groups excluding carboxylic acids is 4. The van der Waals surface area contributed by atoms with E-state index in [0.29, 0.717) is 11.4 Å². The van der Waals surface area contributed by atoms with Gasteiger partial charge in [0, 0.05) is 30.5 Å². The molecule has 2 saturated heterocycles. The summed E-state index contributed by atoms with van der Waals surface area (Å²) in [5.41, 5.74) is 7.87.